The van der Waals surface area contributed by atoms with Gasteiger partial charge in [0, 0.05) is 23.6 Å². The van der Waals surface area contributed by atoms with Crippen molar-refractivity contribution in [1.82, 2.24) is 14.8 Å². The zero-order valence-corrected chi connectivity index (χ0v) is 15.2. The SMILES string of the molecule is CCOCCSc1nnc(-c2cccc(OC)c2)n1-c1ccccc1. The maximum absolute atomic E-state index is 5.43. The van der Waals surface area contributed by atoms with Gasteiger partial charge in [-0.25, -0.2) is 0 Å². The molecule has 0 N–H and O–H groups in total. The van der Waals surface area contributed by atoms with E-state index in [9.17, 15) is 0 Å². The Hall–Kier alpha value is -2.31. The maximum Gasteiger partial charge on any atom is 0.196 e. The molecule has 0 fully saturated rings. The Morgan fingerprint density at radius 3 is 2.64 bits per heavy atom. The molecule has 3 rings (SSSR count). The Morgan fingerprint density at radius 1 is 1.04 bits per heavy atom. The largest absolute Gasteiger partial charge is 0.497 e. The van der Waals surface area contributed by atoms with Crippen LogP contribution in [0.4, 0.5) is 0 Å². The molecular formula is C19H21N3O2S. The molecule has 0 radical (unpaired) electrons. The van der Waals surface area contributed by atoms with E-state index in [2.05, 4.69) is 26.9 Å². The molecule has 0 aliphatic rings. The molecule has 25 heavy (non-hydrogen) atoms. The number of hydrogen-bond donors (Lipinski definition) is 0. The fourth-order valence-electron chi connectivity index (χ4n) is 2.46. The molecule has 0 aliphatic carbocycles. The summed E-state index contributed by atoms with van der Waals surface area (Å²) >= 11 is 1.64. The first-order chi connectivity index (χ1) is 12.3. The molecule has 6 heteroatoms. The number of ether oxygens (including phenoxy) is 2. The molecule has 2 aromatic carbocycles. The van der Waals surface area contributed by atoms with Gasteiger partial charge in [-0.3, -0.25) is 4.57 Å². The number of para-hydroxylation sites is 1. The molecule has 1 heterocycles. The third kappa shape index (κ3) is 4.21. The Bertz CT molecular complexity index is 805. The van der Waals surface area contributed by atoms with E-state index in [4.69, 9.17) is 9.47 Å². The first-order valence-electron chi connectivity index (χ1n) is 8.19. The highest BCUT2D eigenvalue weighted by molar-refractivity contribution is 7.99. The second kappa shape index (κ2) is 8.69. The van der Waals surface area contributed by atoms with Crippen LogP contribution in [0, 0.1) is 0 Å². The molecule has 1 aromatic heterocycles. The number of methoxy groups -OCH3 is 1. The lowest BCUT2D eigenvalue weighted by atomic mass is 10.2. The van der Waals surface area contributed by atoms with Crippen LogP contribution >= 0.6 is 11.8 Å². The van der Waals surface area contributed by atoms with Gasteiger partial charge in [0.1, 0.15) is 5.75 Å². The molecule has 130 valence electrons. The average molecular weight is 355 g/mol. The van der Waals surface area contributed by atoms with Crippen molar-refractivity contribution in [2.24, 2.45) is 0 Å². The molecular weight excluding hydrogens is 334 g/mol. The van der Waals surface area contributed by atoms with Gasteiger partial charge in [0.05, 0.1) is 13.7 Å². The summed E-state index contributed by atoms with van der Waals surface area (Å²) in [5, 5.41) is 9.69. The molecule has 0 spiro atoms. The van der Waals surface area contributed by atoms with Crippen molar-refractivity contribution in [3.63, 3.8) is 0 Å². The highest BCUT2D eigenvalue weighted by Gasteiger charge is 2.16. The number of nitrogens with zero attached hydrogens (tertiary/aromatic N) is 3. The van der Waals surface area contributed by atoms with Crippen LogP contribution in [0.5, 0.6) is 5.75 Å². The van der Waals surface area contributed by atoms with Crippen molar-refractivity contribution >= 4 is 11.8 Å². The summed E-state index contributed by atoms with van der Waals surface area (Å²) in [7, 11) is 1.66. The van der Waals surface area contributed by atoms with Crippen LogP contribution < -0.4 is 4.74 Å². The summed E-state index contributed by atoms with van der Waals surface area (Å²) in [5.41, 5.74) is 2.00. The van der Waals surface area contributed by atoms with Gasteiger partial charge in [-0.1, -0.05) is 42.1 Å². The van der Waals surface area contributed by atoms with Gasteiger partial charge in [-0.15, -0.1) is 10.2 Å². The predicted octanol–water partition coefficient (Wildman–Crippen LogP) is 4.07. The molecule has 0 saturated carbocycles. The quantitative estimate of drug-likeness (QED) is 0.450. The third-order valence-corrected chi connectivity index (χ3v) is 4.53. The highest BCUT2D eigenvalue weighted by Crippen LogP contribution is 2.29. The van der Waals surface area contributed by atoms with Gasteiger partial charge >= 0.3 is 0 Å². The molecule has 0 atom stereocenters. The number of hydrogen-bond acceptors (Lipinski definition) is 5. The van der Waals surface area contributed by atoms with Crippen LogP contribution in [-0.4, -0.2) is 40.8 Å². The van der Waals surface area contributed by atoms with Gasteiger partial charge < -0.3 is 9.47 Å². The van der Waals surface area contributed by atoms with Crippen molar-refractivity contribution in [2.45, 2.75) is 12.1 Å². The van der Waals surface area contributed by atoms with Crippen molar-refractivity contribution in [3.05, 3.63) is 54.6 Å². The Labute approximate surface area is 152 Å². The summed E-state index contributed by atoms with van der Waals surface area (Å²) in [6.07, 6.45) is 0. The van der Waals surface area contributed by atoms with Crippen LogP contribution in [0.3, 0.4) is 0 Å². The summed E-state index contributed by atoms with van der Waals surface area (Å²) in [6, 6.07) is 18.0. The van der Waals surface area contributed by atoms with E-state index in [0.717, 1.165) is 40.3 Å². The first-order valence-corrected chi connectivity index (χ1v) is 9.18. The number of rotatable bonds is 8. The van der Waals surface area contributed by atoms with E-state index in [-0.39, 0.29) is 0 Å². The molecule has 3 aromatic rings. The Morgan fingerprint density at radius 2 is 1.88 bits per heavy atom. The minimum atomic E-state index is 0.692. The van der Waals surface area contributed by atoms with E-state index >= 15 is 0 Å². The van der Waals surface area contributed by atoms with Crippen molar-refractivity contribution in [1.29, 1.82) is 0 Å². The smallest absolute Gasteiger partial charge is 0.196 e. The van der Waals surface area contributed by atoms with Crippen LogP contribution in [0.15, 0.2) is 59.8 Å². The van der Waals surface area contributed by atoms with E-state index in [1.165, 1.54) is 0 Å². The number of aromatic nitrogens is 3. The molecule has 0 bridgehead atoms. The summed E-state index contributed by atoms with van der Waals surface area (Å²) in [4.78, 5) is 0. The lowest BCUT2D eigenvalue weighted by molar-refractivity contribution is 0.164. The lowest BCUT2D eigenvalue weighted by Gasteiger charge is -2.11. The Kier molecular flexibility index (Phi) is 6.09. The normalized spacial score (nSPS) is 10.8. The average Bonchev–Trinajstić information content (AvgIpc) is 3.10. The summed E-state index contributed by atoms with van der Waals surface area (Å²) in [5.74, 6) is 2.42. The molecule has 5 nitrogen and oxygen atoms in total. The second-order valence-electron chi connectivity index (χ2n) is 5.25. The van der Waals surface area contributed by atoms with Gasteiger partial charge in [-0.2, -0.15) is 0 Å². The van der Waals surface area contributed by atoms with E-state index < -0.39 is 0 Å². The van der Waals surface area contributed by atoms with Crippen molar-refractivity contribution in [3.8, 4) is 22.8 Å². The second-order valence-corrected chi connectivity index (χ2v) is 6.32. The first kappa shape index (κ1) is 17.5. The molecule has 0 unspecified atom stereocenters. The zero-order chi connectivity index (χ0) is 17.5. The topological polar surface area (TPSA) is 49.2 Å². The lowest BCUT2D eigenvalue weighted by Crippen LogP contribution is -2.02. The third-order valence-electron chi connectivity index (χ3n) is 3.64. The van der Waals surface area contributed by atoms with Crippen LogP contribution in [0.2, 0.25) is 0 Å². The Balaban J connectivity index is 1.99. The zero-order valence-electron chi connectivity index (χ0n) is 14.4. The predicted molar refractivity (Wildman–Crippen MR) is 101 cm³/mol. The van der Waals surface area contributed by atoms with Crippen molar-refractivity contribution < 1.29 is 9.47 Å². The number of thioether (sulfide) groups is 1. The van der Waals surface area contributed by atoms with Crippen LogP contribution in [0.1, 0.15) is 6.92 Å². The minimum Gasteiger partial charge on any atom is -0.497 e. The van der Waals surface area contributed by atoms with Gasteiger partial charge in [-0.05, 0) is 31.2 Å². The standard InChI is InChI=1S/C19H21N3O2S/c1-3-24-12-13-25-19-21-20-18(15-8-7-11-17(14-15)23-2)22(19)16-9-5-4-6-10-16/h4-11,14H,3,12-13H2,1-2H3. The van der Waals surface area contributed by atoms with E-state index in [0.29, 0.717) is 6.61 Å². The molecule has 0 saturated heterocycles. The highest BCUT2D eigenvalue weighted by atomic mass is 32.2. The van der Waals surface area contributed by atoms with E-state index in [1.807, 2.05) is 49.4 Å². The van der Waals surface area contributed by atoms with E-state index in [1.54, 1.807) is 18.9 Å². The van der Waals surface area contributed by atoms with Gasteiger partial charge in [0.25, 0.3) is 0 Å². The summed E-state index contributed by atoms with van der Waals surface area (Å²) in [6.45, 7) is 3.41. The fourth-order valence-corrected chi connectivity index (χ4v) is 3.26. The fraction of sp³-hybridized carbons (Fsp3) is 0.263. The summed E-state index contributed by atoms with van der Waals surface area (Å²) < 4.78 is 12.8. The van der Waals surface area contributed by atoms with Gasteiger partial charge in [0.15, 0.2) is 11.0 Å². The minimum absolute atomic E-state index is 0.692. The van der Waals surface area contributed by atoms with Crippen molar-refractivity contribution in [2.75, 3.05) is 26.1 Å². The molecule has 0 aliphatic heterocycles. The van der Waals surface area contributed by atoms with Crippen LogP contribution in [0.25, 0.3) is 17.1 Å². The van der Waals surface area contributed by atoms with Gasteiger partial charge in [0.2, 0.25) is 0 Å². The van der Waals surface area contributed by atoms with Crippen LogP contribution in [-0.2, 0) is 4.74 Å². The monoisotopic (exact) mass is 355 g/mol. The number of benzene rings is 2. The molecule has 0 amide bonds. The maximum atomic E-state index is 5.43.